The molecule has 1 aromatic heterocycles. The van der Waals surface area contributed by atoms with Gasteiger partial charge in [0.1, 0.15) is 0 Å². The second-order valence-electron chi connectivity index (χ2n) is 4.86. The van der Waals surface area contributed by atoms with Gasteiger partial charge in [0.25, 0.3) is 0 Å². The van der Waals surface area contributed by atoms with Gasteiger partial charge in [-0.2, -0.15) is 0 Å². The van der Waals surface area contributed by atoms with E-state index in [-0.39, 0.29) is 12.0 Å². The van der Waals surface area contributed by atoms with Gasteiger partial charge in [0.05, 0.1) is 5.69 Å². The van der Waals surface area contributed by atoms with Crippen molar-refractivity contribution in [3.05, 3.63) is 30.1 Å². The summed E-state index contributed by atoms with van der Waals surface area (Å²) in [5, 5.41) is 9.55. The summed E-state index contributed by atoms with van der Waals surface area (Å²) in [7, 11) is 2.09. The molecule has 0 fully saturated rings. The summed E-state index contributed by atoms with van der Waals surface area (Å²) in [6, 6.07) is 5.98. The summed E-state index contributed by atoms with van der Waals surface area (Å²) in [4.78, 5) is 6.56. The van der Waals surface area contributed by atoms with E-state index in [0.717, 1.165) is 31.6 Å². The summed E-state index contributed by atoms with van der Waals surface area (Å²) < 4.78 is 0. The smallest absolute Gasteiger partial charge is 0.0543 e. The van der Waals surface area contributed by atoms with Gasteiger partial charge in [-0.25, -0.2) is 0 Å². The van der Waals surface area contributed by atoms with Crippen LogP contribution < -0.4 is 0 Å². The number of hydrogen-bond acceptors (Lipinski definition) is 3. The maximum Gasteiger partial charge on any atom is 0.0543 e. The van der Waals surface area contributed by atoms with Crippen LogP contribution in [0.15, 0.2) is 24.4 Å². The molecular weight excluding hydrogens is 212 g/mol. The van der Waals surface area contributed by atoms with Crippen LogP contribution in [0.1, 0.15) is 32.4 Å². The number of aliphatic hydroxyl groups is 1. The first-order valence-electron chi connectivity index (χ1n) is 6.35. The average Bonchev–Trinajstić information content (AvgIpc) is 2.37. The lowest BCUT2D eigenvalue weighted by atomic mass is 9.83. The van der Waals surface area contributed by atoms with Crippen molar-refractivity contribution in [1.82, 2.24) is 9.88 Å². The molecule has 1 aromatic rings. The molecule has 17 heavy (non-hydrogen) atoms. The highest BCUT2D eigenvalue weighted by Crippen LogP contribution is 2.26. The van der Waals surface area contributed by atoms with E-state index in [4.69, 9.17) is 0 Å². The molecular formula is C14H24N2O. The van der Waals surface area contributed by atoms with Crippen LogP contribution in [-0.2, 0) is 6.54 Å². The molecule has 0 radical (unpaired) electrons. The van der Waals surface area contributed by atoms with Gasteiger partial charge in [-0.1, -0.05) is 19.9 Å². The molecule has 0 aromatic carbocycles. The third-order valence-corrected chi connectivity index (χ3v) is 3.60. The number of pyridine rings is 1. The predicted octanol–water partition coefficient (Wildman–Crippen LogP) is 2.31. The zero-order chi connectivity index (χ0) is 12.7. The monoisotopic (exact) mass is 236 g/mol. The van der Waals surface area contributed by atoms with Gasteiger partial charge >= 0.3 is 0 Å². The lowest BCUT2D eigenvalue weighted by molar-refractivity contribution is 0.0727. The van der Waals surface area contributed by atoms with Crippen molar-refractivity contribution in [2.45, 2.75) is 33.2 Å². The highest BCUT2D eigenvalue weighted by Gasteiger charge is 2.26. The van der Waals surface area contributed by atoms with Crippen LogP contribution in [0.5, 0.6) is 0 Å². The van der Waals surface area contributed by atoms with E-state index in [2.05, 4.69) is 30.8 Å². The molecule has 0 saturated carbocycles. The quantitative estimate of drug-likeness (QED) is 0.789. The Morgan fingerprint density at radius 3 is 2.47 bits per heavy atom. The average molecular weight is 236 g/mol. The Morgan fingerprint density at radius 2 is 2.00 bits per heavy atom. The van der Waals surface area contributed by atoms with Crippen molar-refractivity contribution in [1.29, 1.82) is 0 Å². The van der Waals surface area contributed by atoms with Gasteiger partial charge < -0.3 is 5.11 Å². The molecule has 0 bridgehead atoms. The predicted molar refractivity (Wildman–Crippen MR) is 70.7 cm³/mol. The van der Waals surface area contributed by atoms with Crippen LogP contribution in [0.3, 0.4) is 0 Å². The van der Waals surface area contributed by atoms with Gasteiger partial charge in [0, 0.05) is 31.3 Å². The van der Waals surface area contributed by atoms with Gasteiger partial charge in [-0.15, -0.1) is 0 Å². The van der Waals surface area contributed by atoms with Crippen LogP contribution in [0.25, 0.3) is 0 Å². The number of aliphatic hydroxyl groups excluding tert-OH is 1. The van der Waals surface area contributed by atoms with Crippen LogP contribution in [-0.4, -0.2) is 35.2 Å². The third-order valence-electron chi connectivity index (χ3n) is 3.60. The topological polar surface area (TPSA) is 36.4 Å². The molecule has 0 atom stereocenters. The summed E-state index contributed by atoms with van der Waals surface area (Å²) in [6.07, 6.45) is 3.83. The zero-order valence-electron chi connectivity index (χ0n) is 11.2. The third kappa shape index (κ3) is 4.10. The van der Waals surface area contributed by atoms with Crippen molar-refractivity contribution in [2.75, 3.05) is 20.2 Å². The summed E-state index contributed by atoms with van der Waals surface area (Å²) >= 11 is 0. The van der Waals surface area contributed by atoms with Crippen LogP contribution >= 0.6 is 0 Å². The van der Waals surface area contributed by atoms with E-state index in [1.165, 1.54) is 0 Å². The molecule has 0 saturated heterocycles. The van der Waals surface area contributed by atoms with Crippen LogP contribution in [0.4, 0.5) is 0 Å². The molecule has 1 N–H and O–H groups in total. The van der Waals surface area contributed by atoms with Crippen molar-refractivity contribution in [2.24, 2.45) is 5.41 Å². The molecule has 0 amide bonds. The van der Waals surface area contributed by atoms with Gasteiger partial charge in [-0.05, 0) is 32.0 Å². The summed E-state index contributed by atoms with van der Waals surface area (Å²) in [5.41, 5.74) is 1.11. The fourth-order valence-corrected chi connectivity index (χ4v) is 2.14. The second kappa shape index (κ2) is 6.72. The first kappa shape index (κ1) is 14.1. The van der Waals surface area contributed by atoms with Crippen molar-refractivity contribution in [3.8, 4) is 0 Å². The molecule has 1 heterocycles. The van der Waals surface area contributed by atoms with Crippen molar-refractivity contribution < 1.29 is 5.11 Å². The van der Waals surface area contributed by atoms with E-state index in [1.54, 1.807) is 0 Å². The Hall–Kier alpha value is -0.930. The minimum absolute atomic E-state index is 0.0313. The van der Waals surface area contributed by atoms with Crippen LogP contribution in [0, 0.1) is 5.41 Å². The minimum atomic E-state index is 0.0313. The van der Waals surface area contributed by atoms with Crippen LogP contribution in [0.2, 0.25) is 0 Å². The first-order valence-corrected chi connectivity index (χ1v) is 6.35. The Balaban J connectivity index is 2.56. The molecule has 0 aliphatic rings. The molecule has 0 unspecified atom stereocenters. The van der Waals surface area contributed by atoms with E-state index in [0.29, 0.717) is 0 Å². The Labute approximate surface area is 104 Å². The largest absolute Gasteiger partial charge is 0.396 e. The van der Waals surface area contributed by atoms with E-state index in [1.807, 2.05) is 24.4 Å². The number of hydrogen-bond donors (Lipinski definition) is 1. The first-order chi connectivity index (χ1) is 8.15. The lowest BCUT2D eigenvalue weighted by Gasteiger charge is -2.33. The number of nitrogens with zero attached hydrogens (tertiary/aromatic N) is 2. The molecule has 3 nitrogen and oxygen atoms in total. The van der Waals surface area contributed by atoms with E-state index < -0.39 is 0 Å². The molecule has 0 spiro atoms. The van der Waals surface area contributed by atoms with Gasteiger partial charge in [-0.3, -0.25) is 9.88 Å². The summed E-state index contributed by atoms with van der Waals surface area (Å²) in [5.74, 6) is 0. The lowest BCUT2D eigenvalue weighted by Crippen LogP contribution is -2.37. The molecule has 3 heteroatoms. The van der Waals surface area contributed by atoms with Crippen molar-refractivity contribution >= 4 is 0 Å². The highest BCUT2D eigenvalue weighted by molar-refractivity contribution is 5.03. The second-order valence-corrected chi connectivity index (χ2v) is 4.86. The zero-order valence-corrected chi connectivity index (χ0v) is 11.2. The summed E-state index contributed by atoms with van der Waals surface area (Å²) in [6.45, 7) is 6.30. The van der Waals surface area contributed by atoms with Gasteiger partial charge in [0.15, 0.2) is 0 Å². The highest BCUT2D eigenvalue weighted by atomic mass is 16.3. The van der Waals surface area contributed by atoms with Gasteiger partial charge in [0.2, 0.25) is 0 Å². The molecule has 0 aliphatic carbocycles. The molecule has 1 rings (SSSR count). The molecule has 0 aliphatic heterocycles. The van der Waals surface area contributed by atoms with E-state index in [9.17, 15) is 5.11 Å². The normalized spacial score (nSPS) is 12.1. The number of rotatable bonds is 7. The minimum Gasteiger partial charge on any atom is -0.396 e. The maximum absolute atomic E-state index is 9.55. The van der Waals surface area contributed by atoms with E-state index >= 15 is 0 Å². The Bertz CT molecular complexity index is 301. The fraction of sp³-hybridized carbons (Fsp3) is 0.643. The Morgan fingerprint density at radius 1 is 1.29 bits per heavy atom. The fourth-order valence-electron chi connectivity index (χ4n) is 2.14. The SMILES string of the molecule is CCC(CC)(CO)CN(C)Cc1ccccn1. The molecule has 96 valence electrons. The Kier molecular flexibility index (Phi) is 5.59. The maximum atomic E-state index is 9.55. The standard InChI is InChI=1S/C14H24N2O/c1-4-14(5-2,12-17)11-16(3)10-13-8-6-7-9-15-13/h6-9,17H,4-5,10-12H2,1-3H3. The van der Waals surface area contributed by atoms with Crippen molar-refractivity contribution in [3.63, 3.8) is 0 Å². The number of aromatic nitrogens is 1.